The Labute approximate surface area is 94.9 Å². The van der Waals surface area contributed by atoms with E-state index in [0.717, 1.165) is 5.52 Å². The maximum Gasteiger partial charge on any atom is 0.0702 e. The zero-order chi connectivity index (χ0) is 10.5. The molecule has 2 rings (SSSR count). The minimum Gasteiger partial charge on any atom is -0.255 e. The van der Waals surface area contributed by atoms with E-state index in [1.165, 1.54) is 28.9 Å². The second-order valence-corrected chi connectivity index (χ2v) is 4.73. The van der Waals surface area contributed by atoms with Crippen LogP contribution < -0.4 is 0 Å². The maximum atomic E-state index is 4.44. The van der Waals surface area contributed by atoms with Gasteiger partial charge in [0.25, 0.3) is 0 Å². The van der Waals surface area contributed by atoms with Crippen molar-refractivity contribution in [2.24, 2.45) is 0 Å². The molecule has 0 bridgehead atoms. The van der Waals surface area contributed by atoms with Gasteiger partial charge in [-0.1, -0.05) is 31.5 Å². The Morgan fingerprint density at radius 2 is 2.13 bits per heavy atom. The summed E-state index contributed by atoms with van der Waals surface area (Å²) < 4.78 is 0. The molecule has 0 N–H and O–H groups in total. The van der Waals surface area contributed by atoms with Crippen LogP contribution in [0.15, 0.2) is 41.4 Å². The van der Waals surface area contributed by atoms with E-state index in [1.807, 2.05) is 24.0 Å². The Kier molecular flexibility index (Phi) is 3.62. The molecule has 0 aliphatic heterocycles. The van der Waals surface area contributed by atoms with Crippen LogP contribution in [-0.2, 0) is 0 Å². The topological polar surface area (TPSA) is 12.9 Å². The van der Waals surface area contributed by atoms with Gasteiger partial charge in [0, 0.05) is 16.5 Å². The lowest BCUT2D eigenvalue weighted by atomic mass is 10.2. The van der Waals surface area contributed by atoms with Crippen LogP contribution in [0.1, 0.15) is 19.8 Å². The monoisotopic (exact) mass is 217 g/mol. The number of para-hydroxylation sites is 1. The number of rotatable bonds is 4. The Balaban J connectivity index is 2.16. The van der Waals surface area contributed by atoms with Crippen molar-refractivity contribution in [3.63, 3.8) is 0 Å². The van der Waals surface area contributed by atoms with Crippen LogP contribution >= 0.6 is 11.8 Å². The number of benzene rings is 1. The third-order valence-corrected chi connectivity index (χ3v) is 3.38. The molecule has 1 aromatic carbocycles. The van der Waals surface area contributed by atoms with Gasteiger partial charge in [-0.05, 0) is 24.3 Å². The summed E-state index contributed by atoms with van der Waals surface area (Å²) in [5.41, 5.74) is 1.08. The van der Waals surface area contributed by atoms with Crippen LogP contribution in [0, 0.1) is 0 Å². The second kappa shape index (κ2) is 5.17. The summed E-state index contributed by atoms with van der Waals surface area (Å²) in [6.07, 6.45) is 4.51. The van der Waals surface area contributed by atoms with E-state index in [1.54, 1.807) is 0 Å². The molecule has 0 aliphatic rings. The normalized spacial score (nSPS) is 10.7. The van der Waals surface area contributed by atoms with Crippen molar-refractivity contribution in [3.8, 4) is 0 Å². The van der Waals surface area contributed by atoms with Gasteiger partial charge in [-0.2, -0.15) is 0 Å². The number of nitrogens with zero attached hydrogens (tertiary/aromatic N) is 1. The molecule has 0 saturated carbocycles. The van der Waals surface area contributed by atoms with Crippen molar-refractivity contribution in [2.75, 3.05) is 5.75 Å². The fraction of sp³-hybridized carbons (Fsp3) is 0.308. The van der Waals surface area contributed by atoms with Crippen LogP contribution in [0.4, 0.5) is 0 Å². The second-order valence-electron chi connectivity index (χ2n) is 3.57. The quantitative estimate of drug-likeness (QED) is 0.564. The van der Waals surface area contributed by atoms with Crippen molar-refractivity contribution < 1.29 is 0 Å². The highest BCUT2D eigenvalue weighted by atomic mass is 32.2. The lowest BCUT2D eigenvalue weighted by Gasteiger charge is -2.02. The van der Waals surface area contributed by atoms with Gasteiger partial charge in [-0.15, -0.1) is 11.8 Å². The van der Waals surface area contributed by atoms with Crippen LogP contribution in [0.5, 0.6) is 0 Å². The number of thioether (sulfide) groups is 1. The highest BCUT2D eigenvalue weighted by molar-refractivity contribution is 7.99. The lowest BCUT2D eigenvalue weighted by molar-refractivity contribution is 0.896. The zero-order valence-electron chi connectivity index (χ0n) is 8.94. The van der Waals surface area contributed by atoms with Gasteiger partial charge in [-0.25, -0.2) is 0 Å². The summed E-state index contributed by atoms with van der Waals surface area (Å²) in [6, 6.07) is 10.5. The average molecular weight is 217 g/mol. The molecule has 1 nitrogen and oxygen atoms in total. The molecule has 1 aromatic heterocycles. The van der Waals surface area contributed by atoms with E-state index in [0.29, 0.717) is 0 Å². The van der Waals surface area contributed by atoms with E-state index < -0.39 is 0 Å². The van der Waals surface area contributed by atoms with Crippen LogP contribution in [0.2, 0.25) is 0 Å². The lowest BCUT2D eigenvalue weighted by Crippen LogP contribution is -1.82. The number of pyridine rings is 1. The fourth-order valence-corrected chi connectivity index (χ4v) is 2.47. The average Bonchev–Trinajstić information content (AvgIpc) is 2.29. The molecule has 15 heavy (non-hydrogen) atoms. The number of unbranched alkanes of at least 4 members (excludes halogenated alkanes) is 1. The highest BCUT2D eigenvalue weighted by Gasteiger charge is 1.97. The minimum absolute atomic E-state index is 1.08. The molecule has 78 valence electrons. The van der Waals surface area contributed by atoms with Gasteiger partial charge in [0.15, 0.2) is 0 Å². The molecule has 2 heteroatoms. The molecule has 0 radical (unpaired) electrons. The summed E-state index contributed by atoms with van der Waals surface area (Å²) in [5.74, 6) is 1.19. The predicted octanol–water partition coefficient (Wildman–Crippen LogP) is 4.13. The van der Waals surface area contributed by atoms with Gasteiger partial charge in [0.05, 0.1) is 5.52 Å². The summed E-state index contributed by atoms with van der Waals surface area (Å²) in [4.78, 5) is 5.72. The summed E-state index contributed by atoms with van der Waals surface area (Å²) in [7, 11) is 0. The van der Waals surface area contributed by atoms with E-state index in [2.05, 4.69) is 36.2 Å². The highest BCUT2D eigenvalue weighted by Crippen LogP contribution is 2.22. The molecule has 0 amide bonds. The Morgan fingerprint density at radius 1 is 1.27 bits per heavy atom. The number of aromatic nitrogens is 1. The van der Waals surface area contributed by atoms with Crippen molar-refractivity contribution in [3.05, 3.63) is 36.5 Å². The van der Waals surface area contributed by atoms with Gasteiger partial charge in [-0.3, -0.25) is 4.98 Å². The Hall–Kier alpha value is -1.02. The van der Waals surface area contributed by atoms with Gasteiger partial charge < -0.3 is 0 Å². The third kappa shape index (κ3) is 2.72. The van der Waals surface area contributed by atoms with Gasteiger partial charge in [0.2, 0.25) is 0 Å². The van der Waals surface area contributed by atoms with E-state index in [-0.39, 0.29) is 0 Å². The van der Waals surface area contributed by atoms with Crippen molar-refractivity contribution in [1.29, 1.82) is 0 Å². The van der Waals surface area contributed by atoms with E-state index >= 15 is 0 Å². The van der Waals surface area contributed by atoms with Crippen LogP contribution in [0.3, 0.4) is 0 Å². The summed E-state index contributed by atoms with van der Waals surface area (Å²) in [6.45, 7) is 2.22. The fourth-order valence-electron chi connectivity index (χ4n) is 1.46. The molecule has 0 unspecified atom stereocenters. The summed E-state index contributed by atoms with van der Waals surface area (Å²) in [5, 5.41) is 1.24. The SMILES string of the molecule is CCCCSc1cnc2ccccc2c1. The molecule has 0 aliphatic carbocycles. The molecular weight excluding hydrogens is 202 g/mol. The molecule has 1 heterocycles. The van der Waals surface area contributed by atoms with Gasteiger partial charge >= 0.3 is 0 Å². The van der Waals surface area contributed by atoms with Crippen LogP contribution in [0.25, 0.3) is 10.9 Å². The zero-order valence-corrected chi connectivity index (χ0v) is 9.76. The van der Waals surface area contributed by atoms with E-state index in [4.69, 9.17) is 0 Å². The summed E-state index contributed by atoms with van der Waals surface area (Å²) >= 11 is 1.90. The number of fused-ring (bicyclic) bond motifs is 1. The van der Waals surface area contributed by atoms with Gasteiger partial charge in [0.1, 0.15) is 0 Å². The Morgan fingerprint density at radius 3 is 3.00 bits per heavy atom. The Bertz CT molecular complexity index is 439. The van der Waals surface area contributed by atoms with Crippen LogP contribution in [-0.4, -0.2) is 10.7 Å². The predicted molar refractivity (Wildman–Crippen MR) is 67.4 cm³/mol. The molecule has 0 saturated heterocycles. The molecule has 2 aromatic rings. The first-order valence-electron chi connectivity index (χ1n) is 5.38. The first-order valence-corrected chi connectivity index (χ1v) is 6.36. The molecular formula is C13H15NS. The van der Waals surface area contributed by atoms with Crippen molar-refractivity contribution >= 4 is 22.7 Å². The molecule has 0 fully saturated rings. The molecule has 0 atom stereocenters. The first-order chi connectivity index (χ1) is 7.40. The molecule has 0 spiro atoms. The first kappa shape index (κ1) is 10.5. The standard InChI is InChI=1S/C13H15NS/c1-2-3-8-15-12-9-11-6-4-5-7-13(11)14-10-12/h4-7,9-10H,2-3,8H2,1H3. The number of hydrogen-bond donors (Lipinski definition) is 0. The third-order valence-electron chi connectivity index (χ3n) is 2.33. The number of hydrogen-bond acceptors (Lipinski definition) is 2. The largest absolute Gasteiger partial charge is 0.255 e. The minimum atomic E-state index is 1.08. The smallest absolute Gasteiger partial charge is 0.0702 e. The maximum absolute atomic E-state index is 4.44. The van der Waals surface area contributed by atoms with Crippen molar-refractivity contribution in [1.82, 2.24) is 4.98 Å². The van der Waals surface area contributed by atoms with Crippen molar-refractivity contribution in [2.45, 2.75) is 24.7 Å². The van der Waals surface area contributed by atoms with E-state index in [9.17, 15) is 0 Å².